The zero-order chi connectivity index (χ0) is 29.3. The first kappa shape index (κ1) is 27.9. The number of aryl methyl sites for hydroxylation is 2. The van der Waals surface area contributed by atoms with Gasteiger partial charge in [-0.25, -0.2) is 4.79 Å². The molecule has 3 N–H and O–H groups in total. The first-order valence-corrected chi connectivity index (χ1v) is 13.1. The van der Waals surface area contributed by atoms with Gasteiger partial charge in [-0.05, 0) is 55.5 Å². The molecule has 3 heterocycles. The van der Waals surface area contributed by atoms with Crippen LogP contribution in [0.3, 0.4) is 0 Å². The molecular weight excluding hydrogens is 530 g/mol. The molecule has 1 aliphatic carbocycles. The summed E-state index contributed by atoms with van der Waals surface area (Å²) in [5.74, 6) is 5.49. The Morgan fingerprint density at radius 2 is 1.98 bits per heavy atom. The van der Waals surface area contributed by atoms with Gasteiger partial charge in [-0.1, -0.05) is 11.8 Å². The second kappa shape index (κ2) is 11.4. The smallest absolute Gasteiger partial charge is 0.330 e. The molecule has 2 aromatic rings. The number of aromatic amines is 1. The minimum absolute atomic E-state index is 0.0383. The third-order valence-corrected chi connectivity index (χ3v) is 7.10. The fourth-order valence-corrected chi connectivity index (χ4v) is 4.93. The molecule has 41 heavy (non-hydrogen) atoms. The van der Waals surface area contributed by atoms with Crippen LogP contribution in [0.1, 0.15) is 41.3 Å². The van der Waals surface area contributed by atoms with E-state index in [9.17, 15) is 24.3 Å². The Hall–Kier alpha value is -4.66. The van der Waals surface area contributed by atoms with Crippen LogP contribution in [0.15, 0.2) is 49.3 Å². The summed E-state index contributed by atoms with van der Waals surface area (Å²) in [5, 5.41) is 13.5. The average Bonchev–Trinajstić information content (AvgIpc) is 3.38. The van der Waals surface area contributed by atoms with Crippen molar-refractivity contribution in [3.63, 3.8) is 0 Å². The number of amides is 1. The summed E-state index contributed by atoms with van der Waals surface area (Å²) >= 11 is 0. The van der Waals surface area contributed by atoms with Crippen LogP contribution in [0.4, 0.5) is 0 Å². The Morgan fingerprint density at radius 1 is 1.17 bits per heavy atom. The fourth-order valence-electron chi connectivity index (χ4n) is 4.93. The number of fused-ring (bicyclic) bond motifs is 2. The molecule has 1 saturated heterocycles. The molecule has 2 atom stereocenters. The Labute approximate surface area is 234 Å². The Balaban J connectivity index is 1.35. The van der Waals surface area contributed by atoms with Crippen LogP contribution < -0.4 is 22.0 Å². The highest BCUT2D eigenvalue weighted by atomic mass is 16.5. The van der Waals surface area contributed by atoms with E-state index in [0.717, 1.165) is 6.42 Å². The summed E-state index contributed by atoms with van der Waals surface area (Å²) in [6.45, 7) is 3.79. The third-order valence-electron chi connectivity index (χ3n) is 7.10. The Bertz CT molecular complexity index is 1860. The number of methoxy groups -OCH3 is 1. The van der Waals surface area contributed by atoms with Gasteiger partial charge < -0.3 is 24.3 Å². The molecule has 1 fully saturated rings. The van der Waals surface area contributed by atoms with Gasteiger partial charge in [-0.3, -0.25) is 23.9 Å². The van der Waals surface area contributed by atoms with Crippen molar-refractivity contribution in [1.82, 2.24) is 14.9 Å². The molecule has 1 aromatic carbocycles. The summed E-state index contributed by atoms with van der Waals surface area (Å²) < 4.78 is 18.1. The normalized spacial score (nSPS) is 16.6. The summed E-state index contributed by atoms with van der Waals surface area (Å²) in [6.07, 6.45) is 1.96. The maximum Gasteiger partial charge on any atom is 0.330 e. The number of aromatic nitrogens is 2. The van der Waals surface area contributed by atoms with E-state index in [1.807, 2.05) is 0 Å². The van der Waals surface area contributed by atoms with Crippen molar-refractivity contribution in [3.8, 4) is 28.9 Å². The molecule has 5 rings (SSSR count). The van der Waals surface area contributed by atoms with Crippen LogP contribution in [-0.4, -0.2) is 46.9 Å². The van der Waals surface area contributed by atoms with Gasteiger partial charge in [0.25, 0.3) is 5.56 Å². The lowest BCUT2D eigenvalue weighted by Gasteiger charge is -2.16. The molecule has 0 bridgehead atoms. The fraction of sp³-hybridized carbons (Fsp3) is 0.333. The van der Waals surface area contributed by atoms with Crippen LogP contribution in [0.2, 0.25) is 0 Å². The van der Waals surface area contributed by atoms with Gasteiger partial charge in [-0.15, -0.1) is 0 Å². The second-order valence-electron chi connectivity index (χ2n) is 10.0. The van der Waals surface area contributed by atoms with E-state index >= 15 is 0 Å². The quantitative estimate of drug-likeness (QED) is 0.240. The molecule has 1 aromatic heterocycles. The standard InChI is InChI=1S/C30H29N3O8/c1-16-9-21-20(22-10-17(2)24(35)13-26(22)41-25(21)12-23(16)34)11-27(36)31-8-4-5-18-14-33(30(38)32-29(18)37)28-7-6-19(40-28)15-39-3/h9-10,12-14,19,28,34H,6-8,11,15H2,1-3H3,(H,31,36)(H,32,37,38)/t19-,28+/m0/s1. The zero-order valence-corrected chi connectivity index (χ0v) is 22.8. The SMILES string of the molecule is COC[C@@H]1CC[C@H](n2cc(C#CCNC(=O)Cc3c4cc(C)c(=O)cc-4oc4cc(O)c(C)cc34)c(=O)[nH]c2=O)O1. The lowest BCUT2D eigenvalue weighted by Crippen LogP contribution is -2.33. The van der Waals surface area contributed by atoms with Crippen molar-refractivity contribution < 1.29 is 23.8 Å². The van der Waals surface area contributed by atoms with Crippen LogP contribution in [0.5, 0.6) is 5.75 Å². The van der Waals surface area contributed by atoms with Crippen LogP contribution >= 0.6 is 0 Å². The summed E-state index contributed by atoms with van der Waals surface area (Å²) in [4.78, 5) is 52.2. The van der Waals surface area contributed by atoms with Crippen LogP contribution in [0, 0.1) is 25.7 Å². The van der Waals surface area contributed by atoms with E-state index in [0.29, 0.717) is 52.0 Å². The molecule has 0 radical (unpaired) electrons. The highest BCUT2D eigenvalue weighted by molar-refractivity contribution is 5.94. The van der Waals surface area contributed by atoms with Crippen molar-refractivity contribution in [3.05, 3.63) is 83.8 Å². The molecule has 0 spiro atoms. The van der Waals surface area contributed by atoms with E-state index in [-0.39, 0.29) is 41.7 Å². The molecule has 11 nitrogen and oxygen atoms in total. The largest absolute Gasteiger partial charge is 0.508 e. The number of carbonyl (C=O) groups is 1. The molecule has 212 valence electrons. The van der Waals surface area contributed by atoms with E-state index in [4.69, 9.17) is 13.9 Å². The number of benzene rings is 2. The number of phenols is 1. The van der Waals surface area contributed by atoms with Crippen molar-refractivity contribution in [2.75, 3.05) is 20.3 Å². The van der Waals surface area contributed by atoms with Crippen LogP contribution in [-0.2, 0) is 20.7 Å². The molecule has 1 amide bonds. The van der Waals surface area contributed by atoms with Gasteiger partial charge >= 0.3 is 5.69 Å². The lowest BCUT2D eigenvalue weighted by atomic mass is 9.94. The molecular formula is C30H29N3O8. The van der Waals surface area contributed by atoms with E-state index < -0.39 is 17.5 Å². The van der Waals surface area contributed by atoms with Crippen molar-refractivity contribution in [1.29, 1.82) is 0 Å². The topological polar surface area (TPSA) is 153 Å². The van der Waals surface area contributed by atoms with Gasteiger partial charge in [0.1, 0.15) is 28.9 Å². The van der Waals surface area contributed by atoms with E-state index in [1.165, 1.54) is 22.9 Å². The predicted octanol–water partition coefficient (Wildman–Crippen LogP) is 2.10. The highest BCUT2D eigenvalue weighted by Gasteiger charge is 2.27. The first-order chi connectivity index (χ1) is 19.6. The molecule has 2 aliphatic heterocycles. The highest BCUT2D eigenvalue weighted by Crippen LogP contribution is 2.36. The van der Waals surface area contributed by atoms with Gasteiger partial charge in [0, 0.05) is 36.4 Å². The number of ether oxygens (including phenoxy) is 2. The van der Waals surface area contributed by atoms with E-state index in [1.54, 1.807) is 33.1 Å². The number of rotatable bonds is 6. The molecule has 11 heteroatoms. The molecule has 0 saturated carbocycles. The number of H-pyrrole nitrogens is 1. The van der Waals surface area contributed by atoms with Crippen molar-refractivity contribution >= 4 is 16.9 Å². The predicted molar refractivity (Wildman–Crippen MR) is 150 cm³/mol. The Morgan fingerprint density at radius 3 is 2.76 bits per heavy atom. The first-order valence-electron chi connectivity index (χ1n) is 13.1. The zero-order valence-electron chi connectivity index (χ0n) is 22.8. The number of hydrogen-bond donors (Lipinski definition) is 3. The molecule has 3 aliphatic rings. The monoisotopic (exact) mass is 559 g/mol. The summed E-state index contributed by atoms with van der Waals surface area (Å²) in [7, 11) is 1.58. The second-order valence-corrected chi connectivity index (χ2v) is 10.0. The summed E-state index contributed by atoms with van der Waals surface area (Å²) in [5.41, 5.74) is 1.39. The lowest BCUT2D eigenvalue weighted by molar-refractivity contribution is -0.120. The maximum absolute atomic E-state index is 13.0. The molecule has 0 unspecified atom stereocenters. The van der Waals surface area contributed by atoms with Crippen molar-refractivity contribution in [2.45, 2.75) is 45.4 Å². The number of nitrogens with one attached hydrogen (secondary N) is 2. The van der Waals surface area contributed by atoms with Gasteiger partial charge in [0.05, 0.1) is 25.7 Å². The minimum atomic E-state index is -0.630. The number of hydrogen-bond acceptors (Lipinski definition) is 8. The van der Waals surface area contributed by atoms with Gasteiger partial charge in [0.15, 0.2) is 5.43 Å². The van der Waals surface area contributed by atoms with Crippen molar-refractivity contribution in [2.24, 2.45) is 0 Å². The number of nitrogens with zero attached hydrogens (tertiary/aromatic N) is 1. The third kappa shape index (κ3) is 5.79. The number of phenolic OH excluding ortho intramolecular Hbond substituents is 1. The average molecular weight is 560 g/mol. The van der Waals surface area contributed by atoms with Gasteiger partial charge in [0.2, 0.25) is 5.91 Å². The number of aromatic hydroxyl groups is 1. The van der Waals surface area contributed by atoms with E-state index in [2.05, 4.69) is 22.1 Å². The Kier molecular flexibility index (Phi) is 7.79. The van der Waals surface area contributed by atoms with Crippen LogP contribution in [0.25, 0.3) is 22.3 Å². The summed E-state index contributed by atoms with van der Waals surface area (Å²) in [6, 6.07) is 6.27. The number of carbonyl (C=O) groups excluding carboxylic acids is 1. The van der Waals surface area contributed by atoms with Gasteiger partial charge in [-0.2, -0.15) is 0 Å². The maximum atomic E-state index is 13.0. The minimum Gasteiger partial charge on any atom is -0.508 e.